The standard InChI is InChI=1S/C43H51N3O6S/c1-7-51-42(48)43(4,5)34-18-21-38-37(27-34)36(40(45-38)33-25-29(2)24-30(3)26-33)22-23-44-39(41(47)52-28-32-12-9-8-10-13-32)15-11-14-31-16-19-35(20-17-31)46-53(6,49)50/h8-10,12-13,16-21,24-27,39,44-46H,7,11,14-15,22-23,28H2,1-6H3. The SMILES string of the molecule is CCOC(=O)C(C)(C)c1ccc2[nH]c(-c3cc(C)cc(C)c3)c(CCNC(CCCc3ccc(NS(C)(=O)=O)cc3)C(=O)OCc3ccccc3)c2c1. The summed E-state index contributed by atoms with van der Waals surface area (Å²) in [5.41, 5.74) is 8.97. The number of aromatic amines is 1. The van der Waals surface area contributed by atoms with Crippen molar-refractivity contribution in [3.05, 3.63) is 124 Å². The number of aryl methyl sites for hydroxylation is 3. The maximum absolute atomic E-state index is 13.6. The second kappa shape index (κ2) is 17.3. The molecule has 1 atom stereocenters. The van der Waals surface area contributed by atoms with E-state index in [0.29, 0.717) is 44.5 Å². The van der Waals surface area contributed by atoms with Crippen molar-refractivity contribution in [2.24, 2.45) is 0 Å². The number of benzene rings is 4. The minimum Gasteiger partial charge on any atom is -0.465 e. The molecule has 0 saturated heterocycles. The number of esters is 2. The summed E-state index contributed by atoms with van der Waals surface area (Å²) < 4.78 is 36.9. The number of carbonyl (C=O) groups excluding carboxylic acids is 2. The third kappa shape index (κ3) is 10.6. The molecule has 0 radical (unpaired) electrons. The number of nitrogens with one attached hydrogen (secondary N) is 3. The molecule has 0 aliphatic rings. The Labute approximate surface area is 313 Å². The van der Waals surface area contributed by atoms with Crippen molar-refractivity contribution in [1.29, 1.82) is 0 Å². The lowest BCUT2D eigenvalue weighted by atomic mass is 9.83. The van der Waals surface area contributed by atoms with Crippen LogP contribution in [0.4, 0.5) is 5.69 Å². The van der Waals surface area contributed by atoms with E-state index in [9.17, 15) is 18.0 Å². The Kier molecular flexibility index (Phi) is 12.8. The van der Waals surface area contributed by atoms with Gasteiger partial charge < -0.3 is 19.8 Å². The van der Waals surface area contributed by atoms with E-state index >= 15 is 0 Å². The van der Waals surface area contributed by atoms with Crippen LogP contribution in [0.25, 0.3) is 22.2 Å². The van der Waals surface area contributed by atoms with Gasteiger partial charge >= 0.3 is 11.9 Å². The minimum absolute atomic E-state index is 0.186. The van der Waals surface area contributed by atoms with Gasteiger partial charge in [0.25, 0.3) is 0 Å². The summed E-state index contributed by atoms with van der Waals surface area (Å²) in [7, 11) is -3.36. The van der Waals surface area contributed by atoms with Crippen molar-refractivity contribution in [3.63, 3.8) is 0 Å². The van der Waals surface area contributed by atoms with Crippen LogP contribution >= 0.6 is 0 Å². The Hall–Kier alpha value is -4.93. The van der Waals surface area contributed by atoms with Gasteiger partial charge in [0.1, 0.15) is 12.6 Å². The van der Waals surface area contributed by atoms with Gasteiger partial charge in [0.05, 0.1) is 18.3 Å². The largest absolute Gasteiger partial charge is 0.465 e. The van der Waals surface area contributed by atoms with E-state index in [1.165, 1.54) is 0 Å². The second-order valence-electron chi connectivity index (χ2n) is 14.3. The predicted octanol–water partition coefficient (Wildman–Crippen LogP) is 7.93. The molecule has 0 aliphatic heterocycles. The van der Waals surface area contributed by atoms with E-state index in [0.717, 1.165) is 61.8 Å². The van der Waals surface area contributed by atoms with Crippen LogP contribution in [0.2, 0.25) is 0 Å². The Morgan fingerprint density at radius 3 is 2.21 bits per heavy atom. The zero-order valence-electron chi connectivity index (χ0n) is 31.5. The fraction of sp³-hybridized carbons (Fsp3) is 0.349. The molecule has 280 valence electrons. The molecule has 5 rings (SSSR count). The Balaban J connectivity index is 1.38. The molecule has 1 heterocycles. The van der Waals surface area contributed by atoms with Gasteiger partial charge in [-0.25, -0.2) is 8.42 Å². The minimum atomic E-state index is -3.36. The summed E-state index contributed by atoms with van der Waals surface area (Å²) in [6.07, 6.45) is 3.71. The summed E-state index contributed by atoms with van der Waals surface area (Å²) >= 11 is 0. The van der Waals surface area contributed by atoms with Crippen LogP contribution in [0.3, 0.4) is 0 Å². The van der Waals surface area contributed by atoms with Gasteiger partial charge in [0, 0.05) is 28.8 Å². The fourth-order valence-corrected chi connectivity index (χ4v) is 7.22. The van der Waals surface area contributed by atoms with E-state index < -0.39 is 21.5 Å². The normalized spacial score (nSPS) is 12.4. The number of hydrogen-bond donors (Lipinski definition) is 3. The zero-order chi connectivity index (χ0) is 38.2. The summed E-state index contributed by atoms with van der Waals surface area (Å²) in [5.74, 6) is -0.584. The average molecular weight is 738 g/mol. The van der Waals surface area contributed by atoms with Gasteiger partial charge in [-0.1, -0.05) is 65.7 Å². The summed E-state index contributed by atoms with van der Waals surface area (Å²) in [6, 6.07) is 29.0. The number of ether oxygens (including phenoxy) is 2. The summed E-state index contributed by atoms with van der Waals surface area (Å²) in [5, 5.41) is 4.54. The van der Waals surface area contributed by atoms with Crippen molar-refractivity contribution in [2.75, 3.05) is 24.1 Å². The Bertz CT molecular complexity index is 2120. The molecule has 3 N–H and O–H groups in total. The van der Waals surface area contributed by atoms with Gasteiger partial charge in [-0.2, -0.15) is 0 Å². The van der Waals surface area contributed by atoms with Crippen LogP contribution in [-0.4, -0.2) is 50.8 Å². The van der Waals surface area contributed by atoms with E-state index in [1.807, 2.05) is 75.4 Å². The van der Waals surface area contributed by atoms with Crippen LogP contribution in [0.1, 0.15) is 67.0 Å². The first-order valence-corrected chi connectivity index (χ1v) is 20.0. The second-order valence-corrected chi connectivity index (χ2v) is 16.0. The number of sulfonamides is 1. The van der Waals surface area contributed by atoms with Crippen LogP contribution in [0.5, 0.6) is 0 Å². The van der Waals surface area contributed by atoms with Gasteiger partial charge in [-0.05, 0) is 125 Å². The number of anilines is 1. The van der Waals surface area contributed by atoms with Crippen LogP contribution < -0.4 is 10.0 Å². The van der Waals surface area contributed by atoms with E-state index in [1.54, 1.807) is 12.1 Å². The number of aromatic nitrogens is 1. The molecule has 1 aromatic heterocycles. The smallest absolute Gasteiger partial charge is 0.323 e. The highest BCUT2D eigenvalue weighted by Gasteiger charge is 2.32. The maximum atomic E-state index is 13.6. The highest BCUT2D eigenvalue weighted by Crippen LogP contribution is 2.35. The van der Waals surface area contributed by atoms with Crippen molar-refractivity contribution >= 4 is 38.6 Å². The number of fused-ring (bicyclic) bond motifs is 1. The van der Waals surface area contributed by atoms with Gasteiger partial charge in [0.2, 0.25) is 10.0 Å². The molecule has 0 spiro atoms. The number of H-pyrrole nitrogens is 1. The molecule has 9 nitrogen and oxygen atoms in total. The average Bonchev–Trinajstić information content (AvgIpc) is 3.48. The molecule has 1 unspecified atom stereocenters. The molecule has 0 aliphatic carbocycles. The highest BCUT2D eigenvalue weighted by molar-refractivity contribution is 7.92. The Morgan fingerprint density at radius 2 is 1.55 bits per heavy atom. The lowest BCUT2D eigenvalue weighted by Gasteiger charge is -2.23. The van der Waals surface area contributed by atoms with Crippen molar-refractivity contribution in [1.82, 2.24) is 10.3 Å². The van der Waals surface area contributed by atoms with Crippen molar-refractivity contribution in [2.45, 2.75) is 78.4 Å². The first-order valence-electron chi connectivity index (χ1n) is 18.1. The van der Waals surface area contributed by atoms with Gasteiger partial charge in [-0.3, -0.25) is 14.3 Å². The molecule has 0 amide bonds. The lowest BCUT2D eigenvalue weighted by Crippen LogP contribution is -2.39. The van der Waals surface area contributed by atoms with Gasteiger partial charge in [0.15, 0.2) is 0 Å². The van der Waals surface area contributed by atoms with E-state index in [-0.39, 0.29) is 18.5 Å². The molecule has 0 bridgehead atoms. The number of carbonyl (C=O) groups is 2. The lowest BCUT2D eigenvalue weighted by molar-refractivity contribution is -0.149. The van der Waals surface area contributed by atoms with Crippen LogP contribution in [-0.2, 0) is 53.9 Å². The molecule has 0 fully saturated rings. The van der Waals surface area contributed by atoms with Crippen molar-refractivity contribution < 1.29 is 27.5 Å². The third-order valence-electron chi connectivity index (χ3n) is 9.41. The maximum Gasteiger partial charge on any atom is 0.323 e. The molecule has 0 saturated carbocycles. The molecule has 5 aromatic rings. The molecule has 53 heavy (non-hydrogen) atoms. The topological polar surface area (TPSA) is 127 Å². The van der Waals surface area contributed by atoms with Gasteiger partial charge in [-0.15, -0.1) is 0 Å². The zero-order valence-corrected chi connectivity index (χ0v) is 32.4. The molecule has 4 aromatic carbocycles. The monoisotopic (exact) mass is 737 g/mol. The quantitative estimate of drug-likeness (QED) is 0.0828. The van der Waals surface area contributed by atoms with Crippen molar-refractivity contribution in [3.8, 4) is 11.3 Å². The Morgan fingerprint density at radius 1 is 0.849 bits per heavy atom. The molecule has 10 heteroatoms. The number of hydrogen-bond acceptors (Lipinski definition) is 7. The summed E-state index contributed by atoms with van der Waals surface area (Å²) in [4.78, 5) is 30.2. The fourth-order valence-electron chi connectivity index (χ4n) is 6.66. The predicted molar refractivity (Wildman–Crippen MR) is 212 cm³/mol. The molecular weight excluding hydrogens is 687 g/mol. The molecular formula is C43H51N3O6S. The summed E-state index contributed by atoms with van der Waals surface area (Å²) in [6.45, 7) is 10.8. The van der Waals surface area contributed by atoms with E-state index in [4.69, 9.17) is 9.47 Å². The van der Waals surface area contributed by atoms with E-state index in [2.05, 4.69) is 53.1 Å². The first kappa shape index (κ1) is 39.3. The first-order chi connectivity index (χ1) is 25.2. The van der Waals surface area contributed by atoms with Crippen LogP contribution in [0.15, 0.2) is 91.0 Å². The van der Waals surface area contributed by atoms with Crippen LogP contribution in [0, 0.1) is 13.8 Å². The third-order valence-corrected chi connectivity index (χ3v) is 10.0. The highest BCUT2D eigenvalue weighted by atomic mass is 32.2. The number of rotatable bonds is 17.